The molecule has 4 nitrogen and oxygen atoms in total. The van der Waals surface area contributed by atoms with E-state index in [0.717, 1.165) is 16.3 Å². The van der Waals surface area contributed by atoms with Crippen LogP contribution < -0.4 is 5.73 Å². The Hall–Kier alpha value is -1.15. The van der Waals surface area contributed by atoms with Gasteiger partial charge in [-0.3, -0.25) is 0 Å². The normalized spacial score (nSPS) is 14.6. The molecule has 0 atom stereocenters. The van der Waals surface area contributed by atoms with Crippen LogP contribution in [0, 0.1) is 0 Å². The second kappa shape index (κ2) is 7.22. The minimum absolute atomic E-state index is 0. The standard InChI is InChI=1S/C15H18N4S.HI/c1-19(13-7-8-13)15(16)17-9-12-10-20-14(18-12)11-5-3-2-4-6-11;/h2-6,10,13H,7-9H2,1H3,(H2,16,17);1H. The topological polar surface area (TPSA) is 54.5 Å². The Balaban J connectivity index is 0.00000161. The molecule has 1 aliphatic rings. The van der Waals surface area contributed by atoms with Crippen molar-refractivity contribution in [3.8, 4) is 10.6 Å². The van der Waals surface area contributed by atoms with Gasteiger partial charge in [-0.25, -0.2) is 9.98 Å². The van der Waals surface area contributed by atoms with Crippen molar-refractivity contribution in [2.24, 2.45) is 10.7 Å². The van der Waals surface area contributed by atoms with Crippen LogP contribution in [-0.4, -0.2) is 28.9 Å². The third-order valence-electron chi connectivity index (χ3n) is 3.43. The zero-order chi connectivity index (χ0) is 13.9. The van der Waals surface area contributed by atoms with Crippen molar-refractivity contribution in [1.82, 2.24) is 9.88 Å². The molecule has 0 saturated heterocycles. The molecule has 1 aromatic carbocycles. The zero-order valence-electron chi connectivity index (χ0n) is 11.9. The molecule has 0 aliphatic heterocycles. The number of aromatic nitrogens is 1. The molecule has 1 aliphatic carbocycles. The van der Waals surface area contributed by atoms with E-state index in [1.807, 2.05) is 25.2 Å². The molecule has 2 aromatic rings. The highest BCUT2D eigenvalue weighted by Gasteiger charge is 2.27. The van der Waals surface area contributed by atoms with Crippen LogP contribution in [0.5, 0.6) is 0 Å². The van der Waals surface area contributed by atoms with Gasteiger partial charge in [0, 0.05) is 24.0 Å². The second-order valence-electron chi connectivity index (χ2n) is 5.03. The summed E-state index contributed by atoms with van der Waals surface area (Å²) in [5, 5.41) is 3.08. The molecule has 1 saturated carbocycles. The van der Waals surface area contributed by atoms with Gasteiger partial charge in [0.1, 0.15) is 5.01 Å². The van der Waals surface area contributed by atoms with E-state index >= 15 is 0 Å². The lowest BCUT2D eigenvalue weighted by Crippen LogP contribution is -2.35. The van der Waals surface area contributed by atoms with Gasteiger partial charge in [-0.2, -0.15) is 0 Å². The van der Waals surface area contributed by atoms with Crippen LogP contribution >= 0.6 is 35.3 Å². The average molecular weight is 414 g/mol. The minimum atomic E-state index is 0. The van der Waals surface area contributed by atoms with Gasteiger partial charge in [-0.15, -0.1) is 35.3 Å². The fourth-order valence-electron chi connectivity index (χ4n) is 2.02. The van der Waals surface area contributed by atoms with Gasteiger partial charge in [0.2, 0.25) is 0 Å². The number of nitrogens with two attached hydrogens (primary N) is 1. The number of rotatable bonds is 4. The zero-order valence-corrected chi connectivity index (χ0v) is 15.0. The SMILES string of the molecule is CN(C(N)=NCc1csc(-c2ccccc2)n1)C1CC1.I. The van der Waals surface area contributed by atoms with E-state index in [1.165, 1.54) is 12.8 Å². The monoisotopic (exact) mass is 414 g/mol. The van der Waals surface area contributed by atoms with Gasteiger partial charge in [0.05, 0.1) is 12.2 Å². The fourth-order valence-corrected chi connectivity index (χ4v) is 2.83. The van der Waals surface area contributed by atoms with Crippen LogP contribution in [-0.2, 0) is 6.54 Å². The lowest BCUT2D eigenvalue weighted by atomic mass is 10.2. The molecule has 1 aromatic heterocycles. The van der Waals surface area contributed by atoms with Crippen LogP contribution in [0.15, 0.2) is 40.7 Å². The predicted octanol–water partition coefficient (Wildman–Crippen LogP) is 3.34. The molecule has 0 bridgehead atoms. The molecule has 2 N–H and O–H groups in total. The first-order valence-corrected chi connectivity index (χ1v) is 7.64. The van der Waals surface area contributed by atoms with Gasteiger partial charge >= 0.3 is 0 Å². The predicted molar refractivity (Wildman–Crippen MR) is 99.1 cm³/mol. The lowest BCUT2D eigenvalue weighted by molar-refractivity contribution is 0.487. The molecule has 1 heterocycles. The Kier molecular flexibility index (Phi) is 5.58. The van der Waals surface area contributed by atoms with Crippen molar-refractivity contribution in [1.29, 1.82) is 0 Å². The fraction of sp³-hybridized carbons (Fsp3) is 0.333. The summed E-state index contributed by atoms with van der Waals surface area (Å²) in [6.07, 6.45) is 2.45. The summed E-state index contributed by atoms with van der Waals surface area (Å²) in [5.74, 6) is 0.613. The van der Waals surface area contributed by atoms with E-state index in [-0.39, 0.29) is 24.0 Å². The molecule has 21 heavy (non-hydrogen) atoms. The lowest BCUT2D eigenvalue weighted by Gasteiger charge is -2.16. The van der Waals surface area contributed by atoms with E-state index in [9.17, 15) is 0 Å². The summed E-state index contributed by atoms with van der Waals surface area (Å²) >= 11 is 1.65. The summed E-state index contributed by atoms with van der Waals surface area (Å²) in [4.78, 5) is 11.1. The third kappa shape index (κ3) is 4.16. The maximum Gasteiger partial charge on any atom is 0.191 e. The molecule has 0 amide bonds. The van der Waals surface area contributed by atoms with Crippen LogP contribution in [0.1, 0.15) is 18.5 Å². The van der Waals surface area contributed by atoms with Crippen molar-refractivity contribution in [2.75, 3.05) is 7.05 Å². The van der Waals surface area contributed by atoms with Crippen LogP contribution in [0.3, 0.4) is 0 Å². The van der Waals surface area contributed by atoms with Crippen molar-refractivity contribution in [2.45, 2.75) is 25.4 Å². The molecule has 3 rings (SSSR count). The molecule has 112 valence electrons. The maximum absolute atomic E-state index is 5.98. The van der Waals surface area contributed by atoms with Gasteiger partial charge in [0.15, 0.2) is 5.96 Å². The third-order valence-corrected chi connectivity index (χ3v) is 4.37. The first kappa shape index (κ1) is 16.2. The number of guanidine groups is 1. The average Bonchev–Trinajstić information content (AvgIpc) is 3.23. The van der Waals surface area contributed by atoms with Gasteiger partial charge in [-0.05, 0) is 12.8 Å². The van der Waals surface area contributed by atoms with E-state index in [1.54, 1.807) is 11.3 Å². The van der Waals surface area contributed by atoms with Gasteiger partial charge < -0.3 is 10.6 Å². The number of hydrogen-bond acceptors (Lipinski definition) is 3. The summed E-state index contributed by atoms with van der Waals surface area (Å²) < 4.78 is 0. The second-order valence-corrected chi connectivity index (χ2v) is 5.88. The first-order chi connectivity index (χ1) is 9.74. The van der Waals surface area contributed by atoms with Gasteiger partial charge in [-0.1, -0.05) is 30.3 Å². The highest BCUT2D eigenvalue weighted by Crippen LogP contribution is 2.25. The smallest absolute Gasteiger partial charge is 0.191 e. The summed E-state index contributed by atoms with van der Waals surface area (Å²) in [7, 11) is 2.01. The van der Waals surface area contributed by atoms with Crippen molar-refractivity contribution < 1.29 is 0 Å². The summed E-state index contributed by atoms with van der Waals surface area (Å²) in [6, 6.07) is 10.8. The molecule has 0 unspecified atom stereocenters. The summed E-state index contributed by atoms with van der Waals surface area (Å²) in [6.45, 7) is 0.548. The number of thiazole rings is 1. The quantitative estimate of drug-likeness (QED) is 0.475. The Labute approximate surface area is 146 Å². The van der Waals surface area contributed by atoms with Gasteiger partial charge in [0.25, 0.3) is 0 Å². The Bertz CT molecular complexity index is 607. The maximum atomic E-state index is 5.98. The van der Waals surface area contributed by atoms with Crippen molar-refractivity contribution in [3.05, 3.63) is 41.4 Å². The number of nitrogens with zero attached hydrogens (tertiary/aromatic N) is 3. The van der Waals surface area contributed by atoms with E-state index < -0.39 is 0 Å². The van der Waals surface area contributed by atoms with E-state index in [0.29, 0.717) is 18.5 Å². The van der Waals surface area contributed by atoms with E-state index in [4.69, 9.17) is 5.73 Å². The molecular weight excluding hydrogens is 395 g/mol. The first-order valence-electron chi connectivity index (χ1n) is 6.76. The van der Waals surface area contributed by atoms with Crippen molar-refractivity contribution in [3.63, 3.8) is 0 Å². The molecule has 6 heteroatoms. The molecule has 0 radical (unpaired) electrons. The molecule has 0 spiro atoms. The Morgan fingerprint density at radius 1 is 1.38 bits per heavy atom. The van der Waals surface area contributed by atoms with E-state index in [2.05, 4.69) is 32.4 Å². The Morgan fingerprint density at radius 2 is 2.10 bits per heavy atom. The number of hydrogen-bond donors (Lipinski definition) is 1. The number of benzene rings is 1. The largest absolute Gasteiger partial charge is 0.370 e. The number of halogens is 1. The minimum Gasteiger partial charge on any atom is -0.370 e. The highest BCUT2D eigenvalue weighted by atomic mass is 127. The van der Waals surface area contributed by atoms with Crippen LogP contribution in [0.2, 0.25) is 0 Å². The summed E-state index contributed by atoms with van der Waals surface area (Å²) in [5.41, 5.74) is 8.10. The number of aliphatic imine (C=N–C) groups is 1. The Morgan fingerprint density at radius 3 is 2.76 bits per heavy atom. The molecule has 1 fully saturated rings. The van der Waals surface area contributed by atoms with Crippen LogP contribution in [0.25, 0.3) is 10.6 Å². The molecular formula is C15H19IN4S. The van der Waals surface area contributed by atoms with Crippen LogP contribution in [0.4, 0.5) is 0 Å². The highest BCUT2D eigenvalue weighted by molar-refractivity contribution is 14.0. The van der Waals surface area contributed by atoms with Crippen molar-refractivity contribution >= 4 is 41.3 Å².